The molecule has 0 spiro atoms. The van der Waals surface area contributed by atoms with Crippen molar-refractivity contribution in [3.05, 3.63) is 50.8 Å². The molecule has 0 fully saturated rings. The molecule has 0 saturated heterocycles. The molecule has 0 bridgehead atoms. The SMILES string of the molecule is CC(=O)Cc1ccc(Nc2nc(=O)[nH]c(=O)[nH]2)cc1. The number of ketones is 1. The van der Waals surface area contributed by atoms with Crippen LogP contribution in [0.25, 0.3) is 0 Å². The highest BCUT2D eigenvalue weighted by atomic mass is 16.2. The van der Waals surface area contributed by atoms with E-state index in [4.69, 9.17) is 0 Å². The van der Waals surface area contributed by atoms with Gasteiger partial charge in [-0.05, 0) is 24.6 Å². The van der Waals surface area contributed by atoms with E-state index in [0.29, 0.717) is 12.1 Å². The molecule has 3 N–H and O–H groups in total. The molecule has 2 aromatic rings. The van der Waals surface area contributed by atoms with E-state index in [2.05, 4.69) is 15.3 Å². The van der Waals surface area contributed by atoms with Gasteiger partial charge < -0.3 is 5.32 Å². The molecule has 0 unspecified atom stereocenters. The van der Waals surface area contributed by atoms with E-state index in [9.17, 15) is 14.4 Å². The van der Waals surface area contributed by atoms with Gasteiger partial charge in [-0.25, -0.2) is 9.59 Å². The van der Waals surface area contributed by atoms with Gasteiger partial charge in [0.05, 0.1) is 0 Å². The highest BCUT2D eigenvalue weighted by Gasteiger charge is 2.01. The Balaban J connectivity index is 2.17. The number of carbonyl (C=O) groups is 1. The Bertz CT molecular complexity index is 672. The minimum absolute atomic E-state index is 0.0630. The number of aromatic nitrogens is 3. The van der Waals surface area contributed by atoms with Crippen molar-refractivity contribution in [3.63, 3.8) is 0 Å². The summed E-state index contributed by atoms with van der Waals surface area (Å²) in [7, 11) is 0. The summed E-state index contributed by atoms with van der Waals surface area (Å²) >= 11 is 0. The van der Waals surface area contributed by atoms with Gasteiger partial charge in [-0.2, -0.15) is 4.98 Å². The number of rotatable bonds is 4. The summed E-state index contributed by atoms with van der Waals surface area (Å²) in [4.78, 5) is 40.9. The largest absolute Gasteiger partial charge is 0.352 e. The molecular weight excluding hydrogens is 248 g/mol. The average molecular weight is 260 g/mol. The molecule has 7 nitrogen and oxygen atoms in total. The van der Waals surface area contributed by atoms with Gasteiger partial charge in [0.15, 0.2) is 0 Å². The summed E-state index contributed by atoms with van der Waals surface area (Å²) in [6.45, 7) is 1.52. The fourth-order valence-electron chi connectivity index (χ4n) is 1.58. The van der Waals surface area contributed by atoms with Gasteiger partial charge in [-0.3, -0.25) is 14.8 Å². The van der Waals surface area contributed by atoms with E-state index in [1.54, 1.807) is 24.3 Å². The first kappa shape index (κ1) is 12.7. The Kier molecular flexibility index (Phi) is 3.56. The number of hydrogen-bond donors (Lipinski definition) is 3. The zero-order valence-corrected chi connectivity index (χ0v) is 10.2. The molecular formula is C12H12N4O3. The normalized spacial score (nSPS) is 10.2. The summed E-state index contributed by atoms with van der Waals surface area (Å²) in [6, 6.07) is 7.04. The Morgan fingerprint density at radius 2 is 1.89 bits per heavy atom. The number of nitrogens with zero attached hydrogens (tertiary/aromatic N) is 1. The molecule has 0 aliphatic heterocycles. The van der Waals surface area contributed by atoms with Gasteiger partial charge in [0.25, 0.3) is 0 Å². The number of anilines is 2. The quantitative estimate of drug-likeness (QED) is 0.734. The fraction of sp³-hybridized carbons (Fsp3) is 0.167. The van der Waals surface area contributed by atoms with Crippen molar-refractivity contribution in [2.45, 2.75) is 13.3 Å². The Labute approximate surface area is 107 Å². The van der Waals surface area contributed by atoms with Gasteiger partial charge in [0.2, 0.25) is 5.95 Å². The third-order valence-corrected chi connectivity index (χ3v) is 2.34. The van der Waals surface area contributed by atoms with Crippen molar-refractivity contribution in [3.8, 4) is 0 Å². The van der Waals surface area contributed by atoms with Crippen LogP contribution in [0.4, 0.5) is 11.6 Å². The van der Waals surface area contributed by atoms with Crippen LogP contribution < -0.4 is 16.7 Å². The number of hydrogen-bond acceptors (Lipinski definition) is 5. The summed E-state index contributed by atoms with van der Waals surface area (Å²) in [5, 5.41) is 2.79. The second-order valence-electron chi connectivity index (χ2n) is 4.05. The number of carbonyl (C=O) groups excluding carboxylic acids is 1. The van der Waals surface area contributed by atoms with E-state index in [-0.39, 0.29) is 11.7 Å². The summed E-state index contributed by atoms with van der Waals surface area (Å²) in [5.41, 5.74) is 0.196. The van der Waals surface area contributed by atoms with Crippen LogP contribution in [-0.4, -0.2) is 20.7 Å². The maximum Gasteiger partial charge on any atom is 0.352 e. The molecule has 2 rings (SSSR count). The van der Waals surface area contributed by atoms with Crippen LogP contribution >= 0.6 is 0 Å². The van der Waals surface area contributed by atoms with Crippen LogP contribution in [0.5, 0.6) is 0 Å². The summed E-state index contributed by atoms with van der Waals surface area (Å²) < 4.78 is 0. The molecule has 0 saturated carbocycles. The number of aromatic amines is 2. The lowest BCUT2D eigenvalue weighted by molar-refractivity contribution is -0.116. The molecule has 0 atom stereocenters. The molecule has 1 aromatic heterocycles. The molecule has 0 radical (unpaired) electrons. The van der Waals surface area contributed by atoms with Crippen molar-refractivity contribution < 1.29 is 4.79 Å². The molecule has 1 aromatic carbocycles. The first-order chi connectivity index (χ1) is 9.02. The minimum Gasteiger partial charge on any atom is -0.326 e. The van der Waals surface area contributed by atoms with E-state index in [0.717, 1.165) is 5.56 Å². The number of Topliss-reactive ketones (excluding diaryl/α,β-unsaturated/α-hetero) is 1. The lowest BCUT2D eigenvalue weighted by atomic mass is 10.1. The Hall–Kier alpha value is -2.70. The predicted octanol–water partition coefficient (Wildman–Crippen LogP) is 0.333. The monoisotopic (exact) mass is 260 g/mol. The van der Waals surface area contributed by atoms with E-state index in [1.807, 2.05) is 4.98 Å². The van der Waals surface area contributed by atoms with Gasteiger partial charge in [-0.1, -0.05) is 12.1 Å². The van der Waals surface area contributed by atoms with Crippen molar-refractivity contribution in [2.24, 2.45) is 0 Å². The first-order valence-electron chi connectivity index (χ1n) is 5.59. The Morgan fingerprint density at radius 1 is 1.21 bits per heavy atom. The molecule has 0 aliphatic carbocycles. The van der Waals surface area contributed by atoms with Gasteiger partial charge in [0, 0.05) is 12.1 Å². The molecule has 0 aliphatic rings. The first-order valence-corrected chi connectivity index (χ1v) is 5.59. The van der Waals surface area contributed by atoms with Crippen molar-refractivity contribution in [1.29, 1.82) is 0 Å². The highest BCUT2D eigenvalue weighted by Crippen LogP contribution is 2.12. The summed E-state index contributed by atoms with van der Waals surface area (Å²) in [6.07, 6.45) is 0.375. The van der Waals surface area contributed by atoms with Gasteiger partial charge in [0.1, 0.15) is 5.78 Å². The van der Waals surface area contributed by atoms with Crippen molar-refractivity contribution >= 4 is 17.4 Å². The second-order valence-corrected chi connectivity index (χ2v) is 4.05. The predicted molar refractivity (Wildman–Crippen MR) is 69.6 cm³/mol. The number of nitrogens with one attached hydrogen (secondary N) is 3. The smallest absolute Gasteiger partial charge is 0.326 e. The van der Waals surface area contributed by atoms with Crippen molar-refractivity contribution in [1.82, 2.24) is 15.0 Å². The maximum absolute atomic E-state index is 11.0. The van der Waals surface area contributed by atoms with E-state index < -0.39 is 11.4 Å². The minimum atomic E-state index is -0.723. The molecule has 7 heteroatoms. The highest BCUT2D eigenvalue weighted by molar-refractivity contribution is 5.78. The van der Waals surface area contributed by atoms with Crippen LogP contribution in [0.15, 0.2) is 33.9 Å². The molecule has 19 heavy (non-hydrogen) atoms. The number of H-pyrrole nitrogens is 2. The maximum atomic E-state index is 11.0. The summed E-state index contributed by atoms with van der Waals surface area (Å²) in [5.74, 6) is 0.148. The van der Waals surface area contributed by atoms with Crippen LogP contribution in [0.3, 0.4) is 0 Å². The van der Waals surface area contributed by atoms with Crippen LogP contribution in [0, 0.1) is 0 Å². The van der Waals surface area contributed by atoms with Crippen molar-refractivity contribution in [2.75, 3.05) is 5.32 Å². The van der Waals surface area contributed by atoms with Gasteiger partial charge >= 0.3 is 11.4 Å². The standard InChI is InChI=1S/C12H12N4O3/c1-7(17)6-8-2-4-9(5-3-8)13-10-14-11(18)16-12(19)15-10/h2-5H,6H2,1H3,(H3,13,14,15,16,18,19). The van der Waals surface area contributed by atoms with Crippen LogP contribution in [-0.2, 0) is 11.2 Å². The van der Waals surface area contributed by atoms with E-state index in [1.165, 1.54) is 6.92 Å². The topological polar surface area (TPSA) is 108 Å². The third-order valence-electron chi connectivity index (χ3n) is 2.34. The van der Waals surface area contributed by atoms with Crippen LogP contribution in [0.2, 0.25) is 0 Å². The third kappa shape index (κ3) is 3.63. The second kappa shape index (κ2) is 5.30. The van der Waals surface area contributed by atoms with E-state index >= 15 is 0 Å². The molecule has 98 valence electrons. The van der Waals surface area contributed by atoms with Gasteiger partial charge in [-0.15, -0.1) is 0 Å². The molecule has 1 heterocycles. The van der Waals surface area contributed by atoms with Crippen LogP contribution in [0.1, 0.15) is 12.5 Å². The lowest BCUT2D eigenvalue weighted by Gasteiger charge is -2.05. The zero-order valence-electron chi connectivity index (χ0n) is 10.2. The number of benzene rings is 1. The lowest BCUT2D eigenvalue weighted by Crippen LogP contribution is -2.25. The zero-order chi connectivity index (χ0) is 13.8. The Morgan fingerprint density at radius 3 is 2.47 bits per heavy atom. The average Bonchev–Trinajstić information content (AvgIpc) is 2.29. The fourth-order valence-corrected chi connectivity index (χ4v) is 1.58. The molecule has 0 amide bonds.